The summed E-state index contributed by atoms with van der Waals surface area (Å²) in [6.45, 7) is 6.88. The fourth-order valence-corrected chi connectivity index (χ4v) is 3.61. The summed E-state index contributed by atoms with van der Waals surface area (Å²) in [5.41, 5.74) is 2.04. The van der Waals surface area contributed by atoms with Crippen LogP contribution in [0, 0.1) is 0 Å². The van der Waals surface area contributed by atoms with Gasteiger partial charge in [0.15, 0.2) is 5.65 Å². The van der Waals surface area contributed by atoms with E-state index in [1.165, 1.54) is 18.7 Å². The number of morpholine rings is 1. The summed E-state index contributed by atoms with van der Waals surface area (Å²) in [4.78, 5) is 11.9. The zero-order valence-corrected chi connectivity index (χ0v) is 13.6. The van der Waals surface area contributed by atoms with Crippen molar-refractivity contribution >= 4 is 11.2 Å². The van der Waals surface area contributed by atoms with Crippen LogP contribution in [0.1, 0.15) is 18.7 Å². The molecule has 1 N–H and O–H groups in total. The molecule has 0 saturated carbocycles. The highest BCUT2D eigenvalue weighted by molar-refractivity contribution is 5.71. The molecule has 2 aromatic heterocycles. The quantitative estimate of drug-likeness (QED) is 0.894. The lowest BCUT2D eigenvalue weighted by Gasteiger charge is -2.27. The summed E-state index contributed by atoms with van der Waals surface area (Å²) in [7, 11) is 0. The van der Waals surface area contributed by atoms with Gasteiger partial charge >= 0.3 is 0 Å². The maximum absolute atomic E-state index is 5.44. The van der Waals surface area contributed by atoms with Crippen LogP contribution in [0.5, 0.6) is 0 Å². The van der Waals surface area contributed by atoms with Gasteiger partial charge in [-0.15, -0.1) is 0 Å². The number of imidazole rings is 1. The van der Waals surface area contributed by atoms with Crippen LogP contribution < -0.4 is 5.32 Å². The summed E-state index contributed by atoms with van der Waals surface area (Å²) >= 11 is 0. The largest absolute Gasteiger partial charge is 0.379 e. The number of nitrogens with zero attached hydrogens (tertiary/aromatic N) is 4. The van der Waals surface area contributed by atoms with Gasteiger partial charge in [-0.3, -0.25) is 4.90 Å². The summed E-state index contributed by atoms with van der Waals surface area (Å²) in [5.74, 6) is 1.17. The van der Waals surface area contributed by atoms with Gasteiger partial charge in [0, 0.05) is 44.8 Å². The first-order valence-corrected chi connectivity index (χ1v) is 8.74. The van der Waals surface area contributed by atoms with Crippen molar-refractivity contribution in [1.29, 1.82) is 0 Å². The molecule has 0 radical (unpaired) electrons. The number of ether oxygens (including phenoxy) is 1. The maximum Gasteiger partial charge on any atom is 0.160 e. The van der Waals surface area contributed by atoms with Crippen LogP contribution in [-0.4, -0.2) is 64.9 Å². The summed E-state index contributed by atoms with van der Waals surface area (Å²) < 4.78 is 7.76. The molecule has 0 spiro atoms. The third-order valence-corrected chi connectivity index (χ3v) is 4.92. The van der Waals surface area contributed by atoms with Crippen molar-refractivity contribution in [2.45, 2.75) is 31.8 Å². The Morgan fingerprint density at radius 2 is 2.17 bits per heavy atom. The van der Waals surface area contributed by atoms with Crippen molar-refractivity contribution < 1.29 is 4.74 Å². The average molecular weight is 315 g/mol. The van der Waals surface area contributed by atoms with E-state index in [1.54, 1.807) is 0 Å². The van der Waals surface area contributed by atoms with Gasteiger partial charge in [0.25, 0.3) is 0 Å². The van der Waals surface area contributed by atoms with Crippen molar-refractivity contribution in [2.24, 2.45) is 0 Å². The Kier molecular flexibility index (Phi) is 4.55. The lowest BCUT2D eigenvalue weighted by Crippen LogP contribution is -2.38. The van der Waals surface area contributed by atoms with E-state index in [9.17, 15) is 0 Å². The van der Waals surface area contributed by atoms with E-state index in [-0.39, 0.29) is 0 Å². The molecule has 2 aliphatic rings. The van der Waals surface area contributed by atoms with E-state index in [2.05, 4.69) is 25.8 Å². The molecule has 2 fully saturated rings. The lowest BCUT2D eigenvalue weighted by molar-refractivity contribution is 0.0364. The Balaban J connectivity index is 1.54. The van der Waals surface area contributed by atoms with Gasteiger partial charge in [-0.2, -0.15) is 0 Å². The number of pyridine rings is 1. The van der Waals surface area contributed by atoms with E-state index < -0.39 is 0 Å². The van der Waals surface area contributed by atoms with E-state index in [0.717, 1.165) is 63.5 Å². The lowest BCUT2D eigenvalue weighted by atomic mass is 10.1. The first-order valence-electron chi connectivity index (χ1n) is 8.74. The monoisotopic (exact) mass is 315 g/mol. The molecule has 1 atom stereocenters. The van der Waals surface area contributed by atoms with Crippen LogP contribution in [0.2, 0.25) is 0 Å². The molecule has 6 heteroatoms. The smallest absolute Gasteiger partial charge is 0.160 e. The first kappa shape index (κ1) is 15.1. The van der Waals surface area contributed by atoms with Crippen LogP contribution in [0.15, 0.2) is 18.3 Å². The SMILES string of the molecule is c1cnc2c(c1)nc(CC1CCCN1)n2CCN1CCOCC1. The standard InChI is InChI=1S/C17H25N5O/c1-3-14(18-5-1)13-16-20-15-4-2-6-19-17(15)22(16)8-7-21-9-11-23-12-10-21/h2,4,6,14,18H,1,3,5,7-13H2. The van der Waals surface area contributed by atoms with Crippen LogP contribution in [0.3, 0.4) is 0 Å². The van der Waals surface area contributed by atoms with E-state index in [1.807, 2.05) is 12.3 Å². The normalized spacial score (nSPS) is 22.9. The summed E-state index contributed by atoms with van der Waals surface area (Å²) in [6, 6.07) is 4.60. The number of hydrogen-bond donors (Lipinski definition) is 1. The average Bonchev–Trinajstić information content (AvgIpc) is 3.22. The van der Waals surface area contributed by atoms with Crippen LogP contribution in [-0.2, 0) is 17.7 Å². The Morgan fingerprint density at radius 3 is 3.00 bits per heavy atom. The molecule has 2 saturated heterocycles. The minimum atomic E-state index is 0.564. The van der Waals surface area contributed by atoms with Crippen molar-refractivity contribution in [3.05, 3.63) is 24.2 Å². The third-order valence-electron chi connectivity index (χ3n) is 4.92. The van der Waals surface area contributed by atoms with Gasteiger partial charge in [-0.25, -0.2) is 9.97 Å². The van der Waals surface area contributed by atoms with Crippen molar-refractivity contribution in [1.82, 2.24) is 24.8 Å². The minimum absolute atomic E-state index is 0.564. The second-order valence-corrected chi connectivity index (χ2v) is 6.48. The molecule has 124 valence electrons. The predicted molar refractivity (Wildman–Crippen MR) is 89.5 cm³/mol. The molecule has 4 heterocycles. The second-order valence-electron chi connectivity index (χ2n) is 6.48. The van der Waals surface area contributed by atoms with Crippen molar-refractivity contribution in [2.75, 3.05) is 39.4 Å². The number of fused-ring (bicyclic) bond motifs is 1. The predicted octanol–water partition coefficient (Wildman–Crippen LogP) is 1.06. The highest BCUT2D eigenvalue weighted by Crippen LogP contribution is 2.18. The third kappa shape index (κ3) is 3.39. The van der Waals surface area contributed by atoms with Crippen molar-refractivity contribution in [3.8, 4) is 0 Å². The van der Waals surface area contributed by atoms with Gasteiger partial charge in [0.1, 0.15) is 11.3 Å². The van der Waals surface area contributed by atoms with Gasteiger partial charge in [-0.1, -0.05) is 0 Å². The number of aromatic nitrogens is 3. The topological polar surface area (TPSA) is 55.2 Å². The molecule has 2 aliphatic heterocycles. The molecular weight excluding hydrogens is 290 g/mol. The Hall–Kier alpha value is -1.50. The Morgan fingerprint density at radius 1 is 1.26 bits per heavy atom. The molecule has 2 aromatic rings. The Bertz CT molecular complexity index is 643. The fourth-order valence-electron chi connectivity index (χ4n) is 3.61. The zero-order valence-electron chi connectivity index (χ0n) is 13.6. The van der Waals surface area contributed by atoms with Gasteiger partial charge in [0.05, 0.1) is 13.2 Å². The molecule has 0 aromatic carbocycles. The molecule has 1 unspecified atom stereocenters. The molecule has 4 rings (SSSR count). The highest BCUT2D eigenvalue weighted by atomic mass is 16.5. The molecular formula is C17H25N5O. The molecule has 23 heavy (non-hydrogen) atoms. The van der Waals surface area contributed by atoms with E-state index >= 15 is 0 Å². The molecule has 6 nitrogen and oxygen atoms in total. The second kappa shape index (κ2) is 6.95. The molecule has 0 amide bonds. The molecule has 0 bridgehead atoms. The van der Waals surface area contributed by atoms with Gasteiger partial charge in [0.2, 0.25) is 0 Å². The van der Waals surface area contributed by atoms with Gasteiger partial charge < -0.3 is 14.6 Å². The van der Waals surface area contributed by atoms with E-state index in [4.69, 9.17) is 9.72 Å². The first-order chi connectivity index (χ1) is 11.4. The van der Waals surface area contributed by atoms with Crippen LogP contribution >= 0.6 is 0 Å². The van der Waals surface area contributed by atoms with Crippen LogP contribution in [0.4, 0.5) is 0 Å². The minimum Gasteiger partial charge on any atom is -0.379 e. The Labute approximate surface area is 136 Å². The zero-order chi connectivity index (χ0) is 15.5. The molecule has 0 aliphatic carbocycles. The number of nitrogens with one attached hydrogen (secondary N) is 1. The maximum atomic E-state index is 5.44. The summed E-state index contributed by atoms with van der Waals surface area (Å²) in [6.07, 6.45) is 5.39. The number of rotatable bonds is 5. The number of hydrogen-bond acceptors (Lipinski definition) is 5. The van der Waals surface area contributed by atoms with Gasteiger partial charge in [-0.05, 0) is 31.5 Å². The van der Waals surface area contributed by atoms with E-state index in [0.29, 0.717) is 6.04 Å². The summed E-state index contributed by atoms with van der Waals surface area (Å²) in [5, 5.41) is 3.58. The fraction of sp³-hybridized carbons (Fsp3) is 0.647. The van der Waals surface area contributed by atoms with Crippen LogP contribution in [0.25, 0.3) is 11.2 Å². The highest BCUT2D eigenvalue weighted by Gasteiger charge is 2.20. The van der Waals surface area contributed by atoms with Crippen molar-refractivity contribution in [3.63, 3.8) is 0 Å².